The van der Waals surface area contributed by atoms with Gasteiger partial charge in [0.1, 0.15) is 6.10 Å². The van der Waals surface area contributed by atoms with Crippen LogP contribution in [0.5, 0.6) is 0 Å². The summed E-state index contributed by atoms with van der Waals surface area (Å²) in [6, 6.07) is 8.50. The molecule has 1 heterocycles. The van der Waals surface area contributed by atoms with E-state index in [0.717, 1.165) is 18.4 Å². The normalized spacial score (nSPS) is 20.7. The summed E-state index contributed by atoms with van der Waals surface area (Å²) >= 11 is 0. The van der Waals surface area contributed by atoms with Crippen molar-refractivity contribution < 1.29 is 9.53 Å². The van der Waals surface area contributed by atoms with Crippen LogP contribution < -0.4 is 5.32 Å². The summed E-state index contributed by atoms with van der Waals surface area (Å²) in [7, 11) is 0. The number of rotatable bonds is 3. The van der Waals surface area contributed by atoms with Crippen molar-refractivity contribution in [2.24, 2.45) is 0 Å². The largest absolute Gasteiger partial charge is 0.368 e. The van der Waals surface area contributed by atoms with Gasteiger partial charge >= 0.3 is 0 Å². The second-order valence-corrected chi connectivity index (χ2v) is 6.60. The smallest absolute Gasteiger partial charge is 0.249 e. The molecule has 1 fully saturated rings. The van der Waals surface area contributed by atoms with Gasteiger partial charge in [-0.05, 0) is 36.3 Å². The van der Waals surface area contributed by atoms with E-state index in [1.165, 1.54) is 5.56 Å². The summed E-state index contributed by atoms with van der Waals surface area (Å²) in [5.74, 6) is 0.00916. The minimum atomic E-state index is -0.258. The molecule has 0 aliphatic carbocycles. The van der Waals surface area contributed by atoms with E-state index in [0.29, 0.717) is 6.61 Å². The molecule has 3 nitrogen and oxygen atoms in total. The summed E-state index contributed by atoms with van der Waals surface area (Å²) in [6.45, 7) is 9.31. The average molecular weight is 275 g/mol. The summed E-state index contributed by atoms with van der Waals surface area (Å²) < 4.78 is 5.40. The molecule has 1 saturated heterocycles. The van der Waals surface area contributed by atoms with Gasteiger partial charge < -0.3 is 10.1 Å². The van der Waals surface area contributed by atoms with Crippen molar-refractivity contribution in [2.45, 2.75) is 58.1 Å². The minimum absolute atomic E-state index is 0.00916. The van der Waals surface area contributed by atoms with Crippen LogP contribution in [0.25, 0.3) is 0 Å². The van der Waals surface area contributed by atoms with E-state index < -0.39 is 0 Å². The first-order valence-electron chi connectivity index (χ1n) is 7.40. The lowest BCUT2D eigenvalue weighted by Crippen LogP contribution is -2.35. The monoisotopic (exact) mass is 275 g/mol. The van der Waals surface area contributed by atoms with E-state index in [9.17, 15) is 4.79 Å². The highest BCUT2D eigenvalue weighted by molar-refractivity contribution is 5.81. The van der Waals surface area contributed by atoms with Gasteiger partial charge in [0, 0.05) is 6.61 Å². The lowest BCUT2D eigenvalue weighted by Gasteiger charge is -2.21. The van der Waals surface area contributed by atoms with Crippen molar-refractivity contribution in [2.75, 3.05) is 6.61 Å². The topological polar surface area (TPSA) is 38.3 Å². The van der Waals surface area contributed by atoms with Crippen LogP contribution in [0.3, 0.4) is 0 Å². The van der Waals surface area contributed by atoms with Crippen molar-refractivity contribution >= 4 is 5.91 Å². The van der Waals surface area contributed by atoms with E-state index in [2.05, 4.69) is 50.4 Å². The van der Waals surface area contributed by atoms with Crippen LogP contribution in [0.15, 0.2) is 24.3 Å². The molecule has 0 aromatic heterocycles. The van der Waals surface area contributed by atoms with E-state index in [1.54, 1.807) is 0 Å². The zero-order chi connectivity index (χ0) is 14.8. The summed E-state index contributed by atoms with van der Waals surface area (Å²) in [6.07, 6.45) is 1.56. The van der Waals surface area contributed by atoms with Crippen molar-refractivity contribution in [3.63, 3.8) is 0 Å². The van der Waals surface area contributed by atoms with Crippen LogP contribution in [-0.4, -0.2) is 18.6 Å². The molecule has 0 bridgehead atoms. The van der Waals surface area contributed by atoms with Gasteiger partial charge in [0.05, 0.1) is 6.04 Å². The van der Waals surface area contributed by atoms with Crippen LogP contribution in [0, 0.1) is 0 Å². The molecule has 0 saturated carbocycles. The number of nitrogens with one attached hydrogen (secondary N) is 1. The zero-order valence-electron chi connectivity index (χ0n) is 12.9. The maximum Gasteiger partial charge on any atom is 0.249 e. The average Bonchev–Trinajstić information content (AvgIpc) is 2.91. The number of benzene rings is 1. The Morgan fingerprint density at radius 3 is 2.45 bits per heavy atom. The number of carbonyl (C=O) groups excluding carboxylic acids is 1. The van der Waals surface area contributed by atoms with Gasteiger partial charge in [0.15, 0.2) is 0 Å². The van der Waals surface area contributed by atoms with Crippen molar-refractivity contribution in [3.05, 3.63) is 35.4 Å². The fourth-order valence-corrected chi connectivity index (χ4v) is 2.45. The molecular formula is C17H25NO2. The summed E-state index contributed by atoms with van der Waals surface area (Å²) in [5.41, 5.74) is 2.59. The zero-order valence-corrected chi connectivity index (χ0v) is 12.9. The van der Waals surface area contributed by atoms with Crippen LogP contribution in [0.4, 0.5) is 0 Å². The number of amides is 1. The quantitative estimate of drug-likeness (QED) is 0.918. The Hall–Kier alpha value is -1.35. The number of hydrogen-bond acceptors (Lipinski definition) is 2. The van der Waals surface area contributed by atoms with Crippen LogP contribution in [-0.2, 0) is 14.9 Å². The highest BCUT2D eigenvalue weighted by Crippen LogP contribution is 2.24. The van der Waals surface area contributed by atoms with E-state index in [-0.39, 0.29) is 23.5 Å². The first kappa shape index (κ1) is 15.0. The molecule has 1 aromatic carbocycles. The van der Waals surface area contributed by atoms with E-state index in [1.807, 2.05) is 6.92 Å². The Morgan fingerprint density at radius 1 is 1.30 bits per heavy atom. The van der Waals surface area contributed by atoms with Crippen molar-refractivity contribution in [1.82, 2.24) is 5.32 Å². The third-order valence-electron chi connectivity index (χ3n) is 3.86. The van der Waals surface area contributed by atoms with Gasteiger partial charge in [-0.15, -0.1) is 0 Å². The van der Waals surface area contributed by atoms with Gasteiger partial charge in [-0.3, -0.25) is 4.79 Å². The molecule has 1 aliphatic rings. The molecule has 110 valence electrons. The molecule has 1 aliphatic heterocycles. The molecule has 1 N–H and O–H groups in total. The second-order valence-electron chi connectivity index (χ2n) is 6.60. The first-order valence-corrected chi connectivity index (χ1v) is 7.40. The Labute approximate surface area is 121 Å². The Kier molecular flexibility index (Phi) is 4.48. The highest BCUT2D eigenvalue weighted by Gasteiger charge is 2.24. The van der Waals surface area contributed by atoms with Gasteiger partial charge in [-0.2, -0.15) is 0 Å². The van der Waals surface area contributed by atoms with Crippen LogP contribution in [0.2, 0.25) is 0 Å². The first-order chi connectivity index (χ1) is 9.38. The number of hydrogen-bond donors (Lipinski definition) is 1. The molecule has 1 amide bonds. The van der Waals surface area contributed by atoms with Gasteiger partial charge in [0.25, 0.3) is 0 Å². The second kappa shape index (κ2) is 5.96. The Bertz CT molecular complexity index is 453. The third-order valence-corrected chi connectivity index (χ3v) is 3.86. The number of ether oxygens (including phenoxy) is 1. The highest BCUT2D eigenvalue weighted by atomic mass is 16.5. The van der Waals surface area contributed by atoms with Crippen molar-refractivity contribution in [3.8, 4) is 0 Å². The van der Waals surface area contributed by atoms with E-state index >= 15 is 0 Å². The minimum Gasteiger partial charge on any atom is -0.368 e. The maximum atomic E-state index is 12.0. The van der Waals surface area contributed by atoms with Crippen molar-refractivity contribution in [1.29, 1.82) is 0 Å². The third kappa shape index (κ3) is 3.60. The molecule has 20 heavy (non-hydrogen) atoms. The van der Waals surface area contributed by atoms with E-state index in [4.69, 9.17) is 4.74 Å². The molecular weight excluding hydrogens is 250 g/mol. The Morgan fingerprint density at radius 2 is 1.95 bits per heavy atom. The predicted molar refractivity (Wildman–Crippen MR) is 80.7 cm³/mol. The lowest BCUT2D eigenvalue weighted by molar-refractivity contribution is -0.130. The summed E-state index contributed by atoms with van der Waals surface area (Å²) in [5, 5.41) is 3.03. The molecule has 2 atom stereocenters. The molecule has 3 heteroatoms. The van der Waals surface area contributed by atoms with Gasteiger partial charge in [-0.1, -0.05) is 45.0 Å². The Balaban J connectivity index is 1.98. The lowest BCUT2D eigenvalue weighted by atomic mass is 9.86. The van der Waals surface area contributed by atoms with Gasteiger partial charge in [0.2, 0.25) is 5.91 Å². The predicted octanol–water partition coefficient (Wildman–Crippen LogP) is 3.34. The number of carbonyl (C=O) groups is 1. The fraction of sp³-hybridized carbons (Fsp3) is 0.588. The SMILES string of the molecule is CC(NC(=O)C1CCCO1)c1ccc(C(C)(C)C)cc1. The fourth-order valence-electron chi connectivity index (χ4n) is 2.45. The summed E-state index contributed by atoms with van der Waals surface area (Å²) in [4.78, 5) is 12.0. The van der Waals surface area contributed by atoms with Gasteiger partial charge in [-0.25, -0.2) is 0 Å². The van der Waals surface area contributed by atoms with Crippen LogP contribution >= 0.6 is 0 Å². The molecule has 0 radical (unpaired) electrons. The molecule has 0 spiro atoms. The molecule has 2 rings (SSSR count). The maximum absolute atomic E-state index is 12.0. The molecule has 1 aromatic rings. The standard InChI is InChI=1S/C17H25NO2/c1-12(18-16(19)15-6-5-11-20-15)13-7-9-14(10-8-13)17(2,3)4/h7-10,12,15H,5-6,11H2,1-4H3,(H,18,19). The molecule has 2 unspecified atom stereocenters. The van der Waals surface area contributed by atoms with Crippen LogP contribution in [0.1, 0.15) is 57.7 Å².